The van der Waals surface area contributed by atoms with E-state index in [9.17, 15) is 36.6 Å². The van der Waals surface area contributed by atoms with Gasteiger partial charge in [-0.1, -0.05) is 6.07 Å². The highest BCUT2D eigenvalue weighted by atomic mass is 19.4. The summed E-state index contributed by atoms with van der Waals surface area (Å²) in [7, 11) is 0. The predicted octanol–water partition coefficient (Wildman–Crippen LogP) is 1.36. The van der Waals surface area contributed by atoms with Crippen molar-refractivity contribution < 1.29 is 36.6 Å². The summed E-state index contributed by atoms with van der Waals surface area (Å²) in [4.78, 5) is 22.6. The van der Waals surface area contributed by atoms with Crippen LogP contribution in [0.2, 0.25) is 0 Å². The Balaban J connectivity index is 2.55. The van der Waals surface area contributed by atoms with Crippen molar-refractivity contribution in [1.29, 1.82) is 0 Å². The molecule has 2 amide bonds. The molecule has 1 atom stereocenters. The van der Waals surface area contributed by atoms with Crippen LogP contribution in [-0.2, 0) is 15.2 Å². The molecule has 0 aliphatic carbocycles. The first-order chi connectivity index (χ1) is 10.9. The molecule has 0 radical (unpaired) electrons. The number of benzene rings is 1. The summed E-state index contributed by atoms with van der Waals surface area (Å²) in [5, 5.41) is 13.7. The Morgan fingerprint density at radius 1 is 1.08 bits per heavy atom. The maximum absolute atomic E-state index is 13.6. The molecule has 10 heteroatoms. The van der Waals surface area contributed by atoms with Gasteiger partial charge < -0.3 is 15.7 Å². The van der Waals surface area contributed by atoms with Crippen LogP contribution in [0.3, 0.4) is 0 Å². The van der Waals surface area contributed by atoms with Gasteiger partial charge in [0.15, 0.2) is 0 Å². The molecule has 134 valence electrons. The Morgan fingerprint density at radius 2 is 1.62 bits per heavy atom. The molecule has 1 aromatic carbocycles. The fourth-order valence-corrected chi connectivity index (χ4v) is 1.76. The monoisotopic (exact) mass is 354 g/mol. The van der Waals surface area contributed by atoms with Gasteiger partial charge in [0.1, 0.15) is 30.2 Å². The number of carbonyl (C=O) groups is 2. The van der Waals surface area contributed by atoms with Gasteiger partial charge in [0.05, 0.1) is 6.54 Å². The van der Waals surface area contributed by atoms with Gasteiger partial charge in [-0.25, -0.2) is 8.78 Å². The number of hydrogen-bond donors (Lipinski definition) is 3. The molecule has 0 fully saturated rings. The molecule has 0 saturated heterocycles. The molecule has 1 aromatic rings. The summed E-state index contributed by atoms with van der Waals surface area (Å²) in [5.41, 5.74) is -2.19. The Hall–Kier alpha value is -2.23. The van der Waals surface area contributed by atoms with Gasteiger partial charge >= 0.3 is 6.18 Å². The van der Waals surface area contributed by atoms with Crippen molar-refractivity contribution >= 4 is 11.8 Å². The number of rotatable bonds is 6. The van der Waals surface area contributed by atoms with Gasteiger partial charge in [-0.05, 0) is 13.0 Å². The number of aliphatic hydroxyl groups is 1. The summed E-state index contributed by atoms with van der Waals surface area (Å²) >= 11 is 0. The Bertz CT molecular complexity index is 617. The minimum Gasteiger partial charge on any atom is -0.383 e. The van der Waals surface area contributed by atoms with Crippen molar-refractivity contribution in [3.8, 4) is 0 Å². The number of hydrogen-bond acceptors (Lipinski definition) is 3. The summed E-state index contributed by atoms with van der Waals surface area (Å²) in [6.07, 6.45) is -5.49. The van der Waals surface area contributed by atoms with Crippen LogP contribution in [0, 0.1) is 11.6 Å². The summed E-state index contributed by atoms with van der Waals surface area (Å²) < 4.78 is 62.1. The molecule has 0 aliphatic rings. The summed E-state index contributed by atoms with van der Waals surface area (Å²) in [6.45, 7) is -0.953. The Labute approximate surface area is 133 Å². The van der Waals surface area contributed by atoms with Crippen molar-refractivity contribution in [2.45, 2.75) is 25.1 Å². The highest BCUT2D eigenvalue weighted by Crippen LogP contribution is 2.23. The topological polar surface area (TPSA) is 78.4 Å². The van der Waals surface area contributed by atoms with Gasteiger partial charge in [0.2, 0.25) is 11.8 Å². The molecule has 0 bridgehead atoms. The van der Waals surface area contributed by atoms with Gasteiger partial charge in [0, 0.05) is 11.6 Å². The van der Waals surface area contributed by atoms with E-state index in [1.807, 2.05) is 0 Å². The van der Waals surface area contributed by atoms with Crippen molar-refractivity contribution in [1.82, 2.24) is 10.6 Å². The molecule has 0 spiro atoms. The minimum atomic E-state index is -4.60. The zero-order valence-corrected chi connectivity index (χ0v) is 12.5. The molecular formula is C14H15F5N2O3. The van der Waals surface area contributed by atoms with Crippen LogP contribution in [-0.4, -0.2) is 36.2 Å². The quantitative estimate of drug-likeness (QED) is 0.533. The number of amides is 2. The second kappa shape index (κ2) is 7.56. The summed E-state index contributed by atoms with van der Waals surface area (Å²) in [5.74, 6) is -4.00. The first kappa shape index (κ1) is 19.8. The molecule has 3 N–H and O–H groups in total. The van der Waals surface area contributed by atoms with Crippen molar-refractivity contribution in [2.75, 3.05) is 13.1 Å². The zero-order valence-electron chi connectivity index (χ0n) is 12.5. The number of halogens is 5. The molecule has 24 heavy (non-hydrogen) atoms. The predicted molar refractivity (Wildman–Crippen MR) is 72.6 cm³/mol. The van der Waals surface area contributed by atoms with Crippen LogP contribution in [0.1, 0.15) is 18.9 Å². The average Bonchev–Trinajstić information content (AvgIpc) is 2.42. The molecule has 0 aromatic heterocycles. The van der Waals surface area contributed by atoms with Crippen LogP contribution >= 0.6 is 0 Å². The minimum absolute atomic E-state index is 0.286. The number of nitrogens with one attached hydrogen (secondary N) is 2. The molecule has 0 saturated carbocycles. The number of alkyl halides is 3. The smallest absolute Gasteiger partial charge is 0.383 e. The van der Waals surface area contributed by atoms with E-state index in [-0.39, 0.29) is 5.56 Å². The van der Waals surface area contributed by atoms with E-state index < -0.39 is 54.7 Å². The van der Waals surface area contributed by atoms with E-state index in [0.717, 1.165) is 19.1 Å². The zero-order chi connectivity index (χ0) is 18.5. The fourth-order valence-electron chi connectivity index (χ4n) is 1.76. The van der Waals surface area contributed by atoms with Crippen LogP contribution in [0.5, 0.6) is 0 Å². The maximum Gasteiger partial charge on any atom is 0.405 e. The molecule has 5 nitrogen and oxygen atoms in total. The lowest BCUT2D eigenvalue weighted by Gasteiger charge is -2.24. The standard InChI is InChI=1S/C14H15F5N2O3/c1-13(24,9-3-2-8(15)4-10(9)16)6-20-11(22)5-12(23)21-7-14(17,18)19/h2-4,24H,5-7H2,1H3,(H,20,22)(H,21,23). The molecular weight excluding hydrogens is 339 g/mol. The highest BCUT2D eigenvalue weighted by Gasteiger charge is 2.29. The molecule has 0 aliphatic heterocycles. The molecule has 0 heterocycles. The van der Waals surface area contributed by atoms with Gasteiger partial charge in [-0.3, -0.25) is 9.59 Å². The largest absolute Gasteiger partial charge is 0.405 e. The Kier molecular flexibility index (Phi) is 6.24. The highest BCUT2D eigenvalue weighted by molar-refractivity contribution is 5.96. The van der Waals surface area contributed by atoms with Crippen LogP contribution in [0.4, 0.5) is 22.0 Å². The average molecular weight is 354 g/mol. The SMILES string of the molecule is CC(O)(CNC(=O)CC(=O)NCC(F)(F)F)c1ccc(F)cc1F. The van der Waals surface area contributed by atoms with E-state index in [4.69, 9.17) is 0 Å². The normalized spacial score (nSPS) is 14.0. The lowest BCUT2D eigenvalue weighted by Crippen LogP contribution is -2.42. The van der Waals surface area contributed by atoms with Crippen molar-refractivity contribution in [2.24, 2.45) is 0 Å². The van der Waals surface area contributed by atoms with E-state index in [1.165, 1.54) is 5.32 Å². The van der Waals surface area contributed by atoms with E-state index >= 15 is 0 Å². The van der Waals surface area contributed by atoms with Gasteiger partial charge in [-0.15, -0.1) is 0 Å². The third-order valence-electron chi connectivity index (χ3n) is 2.95. The lowest BCUT2D eigenvalue weighted by atomic mass is 9.95. The molecule has 1 rings (SSSR count). The second-order valence-corrected chi connectivity index (χ2v) is 5.24. The third kappa shape index (κ3) is 6.49. The van der Waals surface area contributed by atoms with E-state index in [0.29, 0.717) is 6.07 Å². The van der Waals surface area contributed by atoms with Crippen LogP contribution in [0.25, 0.3) is 0 Å². The lowest BCUT2D eigenvalue weighted by molar-refractivity contribution is -0.141. The van der Waals surface area contributed by atoms with Gasteiger partial charge in [-0.2, -0.15) is 13.2 Å². The first-order valence-corrected chi connectivity index (χ1v) is 6.69. The number of carbonyl (C=O) groups excluding carboxylic acids is 2. The van der Waals surface area contributed by atoms with Crippen LogP contribution < -0.4 is 10.6 Å². The third-order valence-corrected chi connectivity index (χ3v) is 2.95. The maximum atomic E-state index is 13.6. The van der Waals surface area contributed by atoms with Gasteiger partial charge in [0.25, 0.3) is 0 Å². The van der Waals surface area contributed by atoms with E-state index in [1.54, 1.807) is 0 Å². The first-order valence-electron chi connectivity index (χ1n) is 6.69. The summed E-state index contributed by atoms with van der Waals surface area (Å²) in [6, 6.07) is 2.46. The van der Waals surface area contributed by atoms with Crippen LogP contribution in [0.15, 0.2) is 18.2 Å². The fraction of sp³-hybridized carbons (Fsp3) is 0.429. The second-order valence-electron chi connectivity index (χ2n) is 5.24. The van der Waals surface area contributed by atoms with E-state index in [2.05, 4.69) is 5.32 Å². The van der Waals surface area contributed by atoms with Crippen molar-refractivity contribution in [3.05, 3.63) is 35.4 Å². The Morgan fingerprint density at radius 3 is 2.12 bits per heavy atom. The van der Waals surface area contributed by atoms with Crippen molar-refractivity contribution in [3.63, 3.8) is 0 Å². The molecule has 1 unspecified atom stereocenters.